The highest BCUT2D eigenvalue weighted by Crippen LogP contribution is 2.31. The van der Waals surface area contributed by atoms with E-state index in [-0.39, 0.29) is 41.8 Å². The summed E-state index contributed by atoms with van der Waals surface area (Å²) in [5.41, 5.74) is 0.0544. The normalized spacial score (nSPS) is 18.2. The summed E-state index contributed by atoms with van der Waals surface area (Å²) in [7, 11) is 1.68. The molecule has 1 saturated heterocycles. The van der Waals surface area contributed by atoms with Gasteiger partial charge in [-0.3, -0.25) is 9.79 Å². The van der Waals surface area contributed by atoms with Gasteiger partial charge in [-0.2, -0.15) is 13.2 Å². The number of rotatable bonds is 6. The molecule has 0 aliphatic carbocycles. The SMILES string of the molecule is CCC(=O)N1CCC(NC(=NC)NCCC(C)c2cccc(C(F)(F)F)c2)C1.I. The number of likely N-dealkylation sites (tertiary alicyclic amines) is 1. The van der Waals surface area contributed by atoms with Crippen LogP contribution in [0.15, 0.2) is 29.3 Å². The summed E-state index contributed by atoms with van der Waals surface area (Å²) in [6.07, 6.45) is -2.28. The van der Waals surface area contributed by atoms with E-state index in [1.54, 1.807) is 13.1 Å². The van der Waals surface area contributed by atoms with Crippen molar-refractivity contribution >= 4 is 35.8 Å². The summed E-state index contributed by atoms with van der Waals surface area (Å²) in [6.45, 7) is 5.76. The number of nitrogens with zero attached hydrogens (tertiary/aromatic N) is 2. The van der Waals surface area contributed by atoms with E-state index >= 15 is 0 Å². The summed E-state index contributed by atoms with van der Waals surface area (Å²) in [5.74, 6) is 0.784. The standard InChI is InChI=1S/C20H29F3N4O.HI/c1-4-18(28)27-11-9-17(13-27)26-19(24-3)25-10-8-14(2)15-6-5-7-16(12-15)20(21,22)23;/h5-7,12,14,17H,4,8-11,13H2,1-3H3,(H2,24,25,26);1H. The van der Waals surface area contributed by atoms with Crippen LogP contribution in [0.25, 0.3) is 0 Å². The number of nitrogens with one attached hydrogen (secondary N) is 2. The van der Waals surface area contributed by atoms with Crippen LogP contribution in [0, 0.1) is 0 Å². The van der Waals surface area contributed by atoms with Gasteiger partial charge in [0, 0.05) is 39.1 Å². The molecule has 0 aromatic heterocycles. The minimum absolute atomic E-state index is 0. The molecule has 1 heterocycles. The summed E-state index contributed by atoms with van der Waals surface area (Å²) in [4.78, 5) is 17.8. The summed E-state index contributed by atoms with van der Waals surface area (Å²) < 4.78 is 38.6. The van der Waals surface area contributed by atoms with Gasteiger partial charge in [0.15, 0.2) is 5.96 Å². The van der Waals surface area contributed by atoms with E-state index in [0.29, 0.717) is 37.5 Å². The van der Waals surface area contributed by atoms with Gasteiger partial charge in [0.05, 0.1) is 5.56 Å². The van der Waals surface area contributed by atoms with Crippen LogP contribution in [0.3, 0.4) is 0 Å². The maximum absolute atomic E-state index is 12.9. The van der Waals surface area contributed by atoms with Crippen LogP contribution in [-0.2, 0) is 11.0 Å². The van der Waals surface area contributed by atoms with Crippen molar-refractivity contribution in [3.63, 3.8) is 0 Å². The Morgan fingerprint density at radius 3 is 2.72 bits per heavy atom. The molecule has 5 nitrogen and oxygen atoms in total. The van der Waals surface area contributed by atoms with E-state index in [9.17, 15) is 18.0 Å². The number of aliphatic imine (C=N–C) groups is 1. The number of halogens is 4. The van der Waals surface area contributed by atoms with Crippen LogP contribution < -0.4 is 10.6 Å². The van der Waals surface area contributed by atoms with Crippen LogP contribution in [0.1, 0.15) is 50.2 Å². The monoisotopic (exact) mass is 526 g/mol. The van der Waals surface area contributed by atoms with Crippen molar-refractivity contribution in [2.24, 2.45) is 4.99 Å². The first kappa shape index (κ1) is 25.5. The first-order chi connectivity index (χ1) is 13.2. The average Bonchev–Trinajstić information content (AvgIpc) is 3.14. The lowest BCUT2D eigenvalue weighted by Crippen LogP contribution is -2.45. The molecule has 1 aliphatic heterocycles. The van der Waals surface area contributed by atoms with Gasteiger partial charge in [0.25, 0.3) is 0 Å². The third kappa shape index (κ3) is 7.67. The number of guanidine groups is 1. The molecule has 2 unspecified atom stereocenters. The van der Waals surface area contributed by atoms with E-state index in [1.165, 1.54) is 12.1 Å². The Kier molecular flexibility index (Phi) is 10.2. The van der Waals surface area contributed by atoms with E-state index in [0.717, 1.165) is 19.0 Å². The summed E-state index contributed by atoms with van der Waals surface area (Å²) >= 11 is 0. The van der Waals surface area contributed by atoms with Crippen LogP contribution in [0.5, 0.6) is 0 Å². The number of carbonyl (C=O) groups excluding carboxylic acids is 1. The Labute approximate surface area is 187 Å². The number of hydrogen-bond donors (Lipinski definition) is 2. The first-order valence-electron chi connectivity index (χ1n) is 9.66. The van der Waals surface area contributed by atoms with Crippen LogP contribution in [0.4, 0.5) is 13.2 Å². The molecule has 0 radical (unpaired) electrons. The van der Waals surface area contributed by atoms with Crippen molar-refractivity contribution in [2.75, 3.05) is 26.7 Å². The molecular weight excluding hydrogens is 496 g/mol. The van der Waals surface area contributed by atoms with Crippen LogP contribution >= 0.6 is 24.0 Å². The fourth-order valence-electron chi connectivity index (χ4n) is 3.31. The minimum atomic E-state index is -4.33. The Bertz CT molecular complexity index is 697. The fraction of sp³-hybridized carbons (Fsp3) is 0.600. The molecule has 1 fully saturated rings. The van der Waals surface area contributed by atoms with Gasteiger partial charge in [0.1, 0.15) is 0 Å². The largest absolute Gasteiger partial charge is 0.416 e. The second kappa shape index (κ2) is 11.6. The minimum Gasteiger partial charge on any atom is -0.356 e. The van der Waals surface area contributed by atoms with E-state index in [4.69, 9.17) is 0 Å². The number of benzene rings is 1. The zero-order chi connectivity index (χ0) is 20.7. The highest BCUT2D eigenvalue weighted by molar-refractivity contribution is 14.0. The van der Waals surface area contributed by atoms with Gasteiger partial charge in [-0.25, -0.2) is 0 Å². The molecule has 0 spiro atoms. The van der Waals surface area contributed by atoms with E-state index in [1.807, 2.05) is 18.7 Å². The quantitative estimate of drug-likeness (QED) is 0.335. The molecule has 2 rings (SSSR count). The Balaban J connectivity index is 0.00000420. The molecular formula is C20H30F3IN4O. The topological polar surface area (TPSA) is 56.7 Å². The highest BCUT2D eigenvalue weighted by atomic mass is 127. The third-order valence-corrected chi connectivity index (χ3v) is 5.06. The van der Waals surface area contributed by atoms with Gasteiger partial charge in [-0.05, 0) is 30.4 Å². The van der Waals surface area contributed by atoms with Gasteiger partial charge in [-0.1, -0.05) is 32.0 Å². The molecule has 164 valence electrons. The smallest absolute Gasteiger partial charge is 0.356 e. The third-order valence-electron chi connectivity index (χ3n) is 5.06. The molecule has 9 heteroatoms. The van der Waals surface area contributed by atoms with Gasteiger partial charge in [-0.15, -0.1) is 24.0 Å². The number of hydrogen-bond acceptors (Lipinski definition) is 2. The highest BCUT2D eigenvalue weighted by Gasteiger charge is 2.30. The Hall–Kier alpha value is -1.52. The number of carbonyl (C=O) groups is 1. The predicted molar refractivity (Wildman–Crippen MR) is 120 cm³/mol. The maximum atomic E-state index is 12.9. The number of alkyl halides is 3. The number of amides is 1. The molecule has 0 saturated carbocycles. The molecule has 2 atom stereocenters. The van der Waals surface area contributed by atoms with Crippen molar-refractivity contribution in [3.8, 4) is 0 Å². The molecule has 1 aliphatic rings. The lowest BCUT2D eigenvalue weighted by molar-refractivity contribution is -0.137. The second-order valence-electron chi connectivity index (χ2n) is 7.14. The molecule has 1 amide bonds. The van der Waals surface area contributed by atoms with Gasteiger partial charge >= 0.3 is 6.18 Å². The second-order valence-corrected chi connectivity index (χ2v) is 7.14. The molecule has 2 N–H and O–H groups in total. The molecule has 1 aromatic rings. The van der Waals surface area contributed by atoms with E-state index in [2.05, 4.69) is 15.6 Å². The fourth-order valence-corrected chi connectivity index (χ4v) is 3.31. The van der Waals surface area contributed by atoms with E-state index < -0.39 is 11.7 Å². The lowest BCUT2D eigenvalue weighted by atomic mass is 9.96. The lowest BCUT2D eigenvalue weighted by Gasteiger charge is -2.20. The molecule has 0 bridgehead atoms. The van der Waals surface area contributed by atoms with Gasteiger partial charge in [0.2, 0.25) is 5.91 Å². The van der Waals surface area contributed by atoms with Crippen molar-refractivity contribution in [3.05, 3.63) is 35.4 Å². The zero-order valence-corrected chi connectivity index (χ0v) is 19.4. The zero-order valence-electron chi connectivity index (χ0n) is 17.1. The van der Waals surface area contributed by atoms with Crippen molar-refractivity contribution in [1.29, 1.82) is 0 Å². The first-order valence-corrected chi connectivity index (χ1v) is 9.66. The van der Waals surface area contributed by atoms with Crippen molar-refractivity contribution in [1.82, 2.24) is 15.5 Å². The van der Waals surface area contributed by atoms with Crippen molar-refractivity contribution in [2.45, 2.75) is 51.2 Å². The Morgan fingerprint density at radius 2 is 2.10 bits per heavy atom. The van der Waals surface area contributed by atoms with Crippen LogP contribution in [-0.4, -0.2) is 49.5 Å². The summed E-state index contributed by atoms with van der Waals surface area (Å²) in [6, 6.07) is 5.64. The maximum Gasteiger partial charge on any atom is 0.416 e. The van der Waals surface area contributed by atoms with Gasteiger partial charge < -0.3 is 15.5 Å². The molecule has 29 heavy (non-hydrogen) atoms. The Morgan fingerprint density at radius 1 is 1.38 bits per heavy atom. The average molecular weight is 526 g/mol. The summed E-state index contributed by atoms with van der Waals surface area (Å²) in [5, 5.41) is 6.53. The predicted octanol–water partition coefficient (Wildman–Crippen LogP) is 3.99. The molecule has 1 aromatic carbocycles. The van der Waals surface area contributed by atoms with Crippen LogP contribution in [0.2, 0.25) is 0 Å². The van der Waals surface area contributed by atoms with Crippen molar-refractivity contribution < 1.29 is 18.0 Å².